The fourth-order valence-electron chi connectivity index (χ4n) is 3.21. The van der Waals surface area contributed by atoms with Crippen LogP contribution in [-0.2, 0) is 0 Å². The van der Waals surface area contributed by atoms with Crippen molar-refractivity contribution in [2.75, 3.05) is 0 Å². The van der Waals surface area contributed by atoms with E-state index < -0.39 is 16.1 Å². The number of carbonyl (C=O) groups excluding carboxylic acids is 1. The Balaban J connectivity index is 2.51. The average Bonchev–Trinajstić information content (AvgIpc) is 2.61. The molecule has 1 nitrogen and oxygen atoms in total. The molecule has 0 aliphatic carbocycles. The van der Waals surface area contributed by atoms with Crippen LogP contribution in [0.25, 0.3) is 0 Å². The average molecular weight is 327 g/mol. The summed E-state index contributed by atoms with van der Waals surface area (Å²) >= 11 is 0. The minimum absolute atomic E-state index is 0.586. The molecule has 2 unspecified atom stereocenters. The van der Waals surface area contributed by atoms with Gasteiger partial charge in [0.25, 0.3) is 0 Å². The van der Waals surface area contributed by atoms with Crippen LogP contribution in [0.5, 0.6) is 0 Å². The lowest BCUT2D eigenvalue weighted by atomic mass is 10.4. The highest BCUT2D eigenvalue weighted by molar-refractivity contribution is 7.39. The Bertz CT molecular complexity index is 571. The van der Waals surface area contributed by atoms with E-state index in [1.165, 1.54) is 10.4 Å². The van der Waals surface area contributed by atoms with Gasteiger partial charge >= 0.3 is 0 Å². The van der Waals surface area contributed by atoms with Gasteiger partial charge in [-0.1, -0.05) is 110 Å². The van der Waals surface area contributed by atoms with Gasteiger partial charge < -0.3 is 4.79 Å². The third-order valence-corrected chi connectivity index (χ3v) is 16.6. The molecule has 0 radical (unpaired) electrons. The normalized spacial score (nSPS) is 16.5. The zero-order valence-electron chi connectivity index (χ0n) is 14.1. The van der Waals surface area contributed by atoms with Gasteiger partial charge in [-0.2, -0.15) is 0 Å². The zero-order chi connectivity index (χ0) is 16.2. The van der Waals surface area contributed by atoms with E-state index in [0.717, 1.165) is 12.1 Å². The van der Waals surface area contributed by atoms with Gasteiger partial charge in [0, 0.05) is 0 Å². The molecule has 116 valence electrons. The lowest BCUT2D eigenvalue weighted by Gasteiger charge is -2.35. The van der Waals surface area contributed by atoms with Gasteiger partial charge in [-0.15, -0.1) is 0 Å². The summed E-state index contributed by atoms with van der Waals surface area (Å²) in [7, 11) is -4.24. The quantitative estimate of drug-likeness (QED) is 0.724. The summed E-state index contributed by atoms with van der Waals surface area (Å²) < 4.78 is 0. The van der Waals surface area contributed by atoms with Crippen LogP contribution in [0.4, 0.5) is 4.79 Å². The second-order valence-electron chi connectivity index (χ2n) is 6.43. The van der Waals surface area contributed by atoms with Gasteiger partial charge in [0.05, 0.1) is 0 Å². The van der Waals surface area contributed by atoms with Gasteiger partial charge in [0.2, 0.25) is 0 Å². The fourth-order valence-corrected chi connectivity index (χ4v) is 13.8. The number of rotatable bonds is 6. The Kier molecular flexibility index (Phi) is 5.19. The molecule has 0 saturated heterocycles. The molecule has 2 atom stereocenters. The van der Waals surface area contributed by atoms with Crippen molar-refractivity contribution in [2.45, 2.75) is 39.0 Å². The van der Waals surface area contributed by atoms with E-state index in [9.17, 15) is 4.79 Å². The van der Waals surface area contributed by atoms with Crippen molar-refractivity contribution in [3.8, 4) is 0 Å². The van der Waals surface area contributed by atoms with Crippen molar-refractivity contribution in [3.63, 3.8) is 0 Å². The molecule has 22 heavy (non-hydrogen) atoms. The Labute approximate surface area is 136 Å². The molecule has 0 bridgehead atoms. The second kappa shape index (κ2) is 6.75. The highest BCUT2D eigenvalue weighted by atomic mass is 28.4. The Hall–Kier alpha value is -1.46. The number of hydrogen-bond acceptors (Lipinski definition) is 1. The summed E-state index contributed by atoms with van der Waals surface area (Å²) in [4.78, 5) is 13.7. The van der Waals surface area contributed by atoms with Gasteiger partial charge in [0.15, 0.2) is 16.1 Å². The van der Waals surface area contributed by atoms with E-state index in [4.69, 9.17) is 0 Å². The third-order valence-electron chi connectivity index (χ3n) is 5.24. The van der Waals surface area contributed by atoms with E-state index in [1.54, 1.807) is 0 Å². The number of hydrogen-bond donors (Lipinski definition) is 0. The lowest BCUT2D eigenvalue weighted by Crippen LogP contribution is -2.66. The van der Waals surface area contributed by atoms with E-state index in [1.807, 2.05) is 12.1 Å². The van der Waals surface area contributed by atoms with Crippen LogP contribution in [0.3, 0.4) is 0 Å². The summed E-state index contributed by atoms with van der Waals surface area (Å²) in [5, 5.41) is 3.15. The minimum atomic E-state index is -2.12. The molecule has 2 aromatic rings. The van der Waals surface area contributed by atoms with Crippen LogP contribution in [0.1, 0.15) is 13.8 Å². The Morgan fingerprint density at radius 1 is 0.727 bits per heavy atom. The maximum Gasteiger partial charge on any atom is 0.154 e. The number of carbonyl (C=O) groups is 1. The van der Waals surface area contributed by atoms with Crippen LogP contribution in [0.2, 0.25) is 25.2 Å². The lowest BCUT2D eigenvalue weighted by molar-refractivity contribution is 0.272. The SMILES string of the molecule is CC[Si](C)(C(=O)[Si](C)(CC)c1ccccc1)c1ccccc1. The first-order valence-corrected chi connectivity index (χ1v) is 13.6. The fraction of sp³-hybridized carbons (Fsp3) is 0.316. The van der Waals surface area contributed by atoms with Crippen LogP contribution < -0.4 is 10.4 Å². The molecule has 0 saturated carbocycles. The van der Waals surface area contributed by atoms with Crippen molar-refractivity contribution >= 4 is 31.6 Å². The molecule has 0 amide bonds. The predicted molar refractivity (Wildman–Crippen MR) is 102 cm³/mol. The van der Waals surface area contributed by atoms with E-state index >= 15 is 0 Å². The van der Waals surface area contributed by atoms with Crippen molar-refractivity contribution < 1.29 is 4.79 Å². The Morgan fingerprint density at radius 2 is 1.05 bits per heavy atom. The van der Waals surface area contributed by atoms with Gasteiger partial charge in [-0.3, -0.25) is 0 Å². The summed E-state index contributed by atoms with van der Waals surface area (Å²) in [5.41, 5.74) is 0. The van der Waals surface area contributed by atoms with Gasteiger partial charge in [-0.25, -0.2) is 0 Å². The molecule has 0 aliphatic rings. The molecule has 0 heterocycles. The summed E-state index contributed by atoms with van der Waals surface area (Å²) in [6, 6.07) is 22.9. The molecular formula is C19H26OSi2. The summed E-state index contributed by atoms with van der Waals surface area (Å²) in [6.45, 7) is 8.89. The maximum atomic E-state index is 13.7. The van der Waals surface area contributed by atoms with Crippen LogP contribution >= 0.6 is 0 Å². The molecule has 0 fully saturated rings. The largest absolute Gasteiger partial charge is 0.310 e. The van der Waals surface area contributed by atoms with Crippen LogP contribution in [0.15, 0.2) is 60.7 Å². The molecule has 0 aliphatic heterocycles. The van der Waals surface area contributed by atoms with Gasteiger partial charge in [-0.05, 0) is 0 Å². The predicted octanol–water partition coefficient (Wildman–Crippen LogP) is 4.28. The zero-order valence-corrected chi connectivity index (χ0v) is 16.1. The van der Waals surface area contributed by atoms with E-state index in [-0.39, 0.29) is 0 Å². The summed E-state index contributed by atoms with van der Waals surface area (Å²) in [6.07, 6.45) is 0. The molecule has 2 rings (SSSR count). The molecule has 2 aromatic carbocycles. The number of benzene rings is 2. The summed E-state index contributed by atoms with van der Waals surface area (Å²) in [5.74, 6) is 0. The standard InChI is InChI=1S/C19H26OSi2/c1-5-21(3,17-13-9-7-10-14-17)19(20)22(4,6-2)18-15-11-8-12-16-18/h7-16H,5-6H2,1-4H3. The second-order valence-corrected chi connectivity index (χ2v) is 15.7. The van der Waals surface area contributed by atoms with E-state index in [2.05, 4.69) is 75.5 Å². The Morgan fingerprint density at radius 3 is 1.32 bits per heavy atom. The van der Waals surface area contributed by atoms with Crippen molar-refractivity contribution in [1.29, 1.82) is 0 Å². The first-order chi connectivity index (χ1) is 10.5. The van der Waals surface area contributed by atoms with Crippen molar-refractivity contribution in [3.05, 3.63) is 60.7 Å². The minimum Gasteiger partial charge on any atom is -0.310 e. The third kappa shape index (κ3) is 2.88. The first-order valence-electron chi connectivity index (χ1n) is 8.15. The smallest absolute Gasteiger partial charge is 0.154 e. The molecular weight excluding hydrogens is 300 g/mol. The monoisotopic (exact) mass is 326 g/mol. The van der Waals surface area contributed by atoms with Gasteiger partial charge in [0.1, 0.15) is 5.03 Å². The van der Waals surface area contributed by atoms with Crippen LogP contribution in [0, 0.1) is 0 Å². The maximum absolute atomic E-state index is 13.7. The highest BCUT2D eigenvalue weighted by Crippen LogP contribution is 2.22. The van der Waals surface area contributed by atoms with Crippen molar-refractivity contribution in [1.82, 2.24) is 0 Å². The first kappa shape index (κ1) is 16.9. The molecule has 0 aromatic heterocycles. The molecule has 0 spiro atoms. The molecule has 0 N–H and O–H groups in total. The highest BCUT2D eigenvalue weighted by Gasteiger charge is 2.47. The van der Waals surface area contributed by atoms with Crippen molar-refractivity contribution in [2.24, 2.45) is 0 Å². The molecule has 3 heteroatoms. The topological polar surface area (TPSA) is 17.1 Å². The van der Waals surface area contributed by atoms with E-state index in [0.29, 0.717) is 5.03 Å². The van der Waals surface area contributed by atoms with Crippen LogP contribution in [-0.4, -0.2) is 21.2 Å².